The highest BCUT2D eigenvalue weighted by atomic mass is 19.1. The molecule has 0 aliphatic carbocycles. The largest absolute Gasteiger partial charge is 0.454 e. The Labute approximate surface area is 171 Å². The lowest BCUT2D eigenvalue weighted by molar-refractivity contribution is -0.385. The lowest BCUT2D eigenvalue weighted by Gasteiger charge is -2.10. The Balaban J connectivity index is 1.77. The van der Waals surface area contributed by atoms with E-state index >= 15 is 0 Å². The summed E-state index contributed by atoms with van der Waals surface area (Å²) in [5, 5.41) is 11.0. The molecule has 1 aromatic heterocycles. The Morgan fingerprint density at radius 2 is 1.83 bits per heavy atom. The zero-order chi connectivity index (χ0) is 22.0. The molecule has 2 aromatic carbocycles. The summed E-state index contributed by atoms with van der Waals surface area (Å²) >= 11 is 0. The van der Waals surface area contributed by atoms with Crippen LogP contribution in [0.5, 0.6) is 0 Å². The van der Waals surface area contributed by atoms with E-state index in [0.29, 0.717) is 22.5 Å². The molecule has 0 saturated heterocycles. The van der Waals surface area contributed by atoms with Gasteiger partial charge < -0.3 is 9.30 Å². The number of ketones is 1. The molecule has 0 saturated carbocycles. The van der Waals surface area contributed by atoms with Crippen molar-refractivity contribution >= 4 is 17.4 Å². The Kier molecular flexibility index (Phi) is 5.77. The molecular weight excluding hydrogens is 391 g/mol. The average molecular weight is 410 g/mol. The third kappa shape index (κ3) is 4.12. The van der Waals surface area contributed by atoms with Crippen molar-refractivity contribution in [3.63, 3.8) is 0 Å². The first-order valence-electron chi connectivity index (χ1n) is 9.09. The molecule has 3 aromatic rings. The summed E-state index contributed by atoms with van der Waals surface area (Å²) in [6, 6.07) is 11.6. The molecule has 0 fully saturated rings. The van der Waals surface area contributed by atoms with Crippen molar-refractivity contribution in [2.24, 2.45) is 0 Å². The van der Waals surface area contributed by atoms with Gasteiger partial charge >= 0.3 is 5.97 Å². The highest BCUT2D eigenvalue weighted by molar-refractivity contribution is 6.00. The number of nitro benzene ring substituents is 1. The number of aromatic nitrogens is 1. The van der Waals surface area contributed by atoms with Gasteiger partial charge in [-0.1, -0.05) is 12.1 Å². The van der Waals surface area contributed by atoms with Crippen LogP contribution in [-0.2, 0) is 4.74 Å². The van der Waals surface area contributed by atoms with Gasteiger partial charge in [-0.15, -0.1) is 0 Å². The number of rotatable bonds is 6. The third-order valence-corrected chi connectivity index (χ3v) is 4.77. The fourth-order valence-corrected chi connectivity index (χ4v) is 3.28. The van der Waals surface area contributed by atoms with Crippen LogP contribution in [0.3, 0.4) is 0 Å². The number of nitrogens with zero attached hydrogens (tertiary/aromatic N) is 2. The maximum Gasteiger partial charge on any atom is 0.338 e. The van der Waals surface area contributed by atoms with Gasteiger partial charge in [0.05, 0.1) is 10.5 Å². The average Bonchev–Trinajstić information content (AvgIpc) is 3.00. The van der Waals surface area contributed by atoms with Gasteiger partial charge in [0.2, 0.25) is 5.78 Å². The minimum absolute atomic E-state index is 0.00895. The van der Waals surface area contributed by atoms with Crippen molar-refractivity contribution in [1.82, 2.24) is 4.57 Å². The van der Waals surface area contributed by atoms with Crippen LogP contribution in [0, 0.1) is 36.7 Å². The normalized spacial score (nSPS) is 10.7. The second kappa shape index (κ2) is 8.28. The number of halogens is 1. The summed E-state index contributed by atoms with van der Waals surface area (Å²) in [7, 11) is 0. The minimum Gasteiger partial charge on any atom is -0.454 e. The van der Waals surface area contributed by atoms with E-state index in [9.17, 15) is 24.1 Å². The molecule has 0 spiro atoms. The van der Waals surface area contributed by atoms with Crippen LogP contribution in [0.15, 0.2) is 48.5 Å². The van der Waals surface area contributed by atoms with Crippen molar-refractivity contribution in [3.05, 3.63) is 92.5 Å². The van der Waals surface area contributed by atoms with E-state index in [1.807, 2.05) is 0 Å². The third-order valence-electron chi connectivity index (χ3n) is 4.77. The number of nitro groups is 1. The molecule has 154 valence electrons. The molecule has 1 heterocycles. The standard InChI is InChI=1S/C22H19FN2O5/c1-13-7-8-16(10-20(13)25(28)29)22(27)30-12-21(26)19-9-14(2)24(15(19)3)18-6-4-5-17(23)11-18/h4-11H,12H2,1-3H3. The summed E-state index contributed by atoms with van der Waals surface area (Å²) in [5.74, 6) is -1.65. The smallest absolute Gasteiger partial charge is 0.338 e. The topological polar surface area (TPSA) is 91.4 Å². The van der Waals surface area contributed by atoms with E-state index in [-0.39, 0.29) is 11.3 Å². The van der Waals surface area contributed by atoms with Gasteiger partial charge in [0.25, 0.3) is 5.69 Å². The van der Waals surface area contributed by atoms with E-state index in [1.54, 1.807) is 43.5 Å². The zero-order valence-electron chi connectivity index (χ0n) is 16.6. The quantitative estimate of drug-likeness (QED) is 0.258. The minimum atomic E-state index is -0.828. The Morgan fingerprint density at radius 3 is 2.50 bits per heavy atom. The van der Waals surface area contributed by atoms with Gasteiger partial charge in [-0.3, -0.25) is 14.9 Å². The van der Waals surface area contributed by atoms with Gasteiger partial charge in [-0.05, 0) is 51.1 Å². The zero-order valence-corrected chi connectivity index (χ0v) is 16.6. The number of hydrogen-bond donors (Lipinski definition) is 0. The molecule has 0 atom stereocenters. The van der Waals surface area contributed by atoms with Gasteiger partial charge in [-0.2, -0.15) is 0 Å². The first-order chi connectivity index (χ1) is 14.2. The maximum atomic E-state index is 13.6. The van der Waals surface area contributed by atoms with Crippen molar-refractivity contribution in [3.8, 4) is 5.69 Å². The van der Waals surface area contributed by atoms with Crippen LogP contribution in [0.1, 0.15) is 37.7 Å². The number of aryl methyl sites for hydroxylation is 2. The van der Waals surface area contributed by atoms with Crippen molar-refractivity contribution in [2.75, 3.05) is 6.61 Å². The summed E-state index contributed by atoms with van der Waals surface area (Å²) in [4.78, 5) is 35.3. The number of benzene rings is 2. The van der Waals surface area contributed by atoms with Crippen molar-refractivity contribution in [2.45, 2.75) is 20.8 Å². The van der Waals surface area contributed by atoms with Gasteiger partial charge in [0.1, 0.15) is 5.82 Å². The van der Waals surface area contributed by atoms with E-state index < -0.39 is 29.1 Å². The van der Waals surface area contributed by atoms with E-state index in [1.165, 1.54) is 24.3 Å². The SMILES string of the molecule is Cc1ccc(C(=O)OCC(=O)c2cc(C)n(-c3cccc(F)c3)c2C)cc1[N+](=O)[O-]. The number of hydrogen-bond acceptors (Lipinski definition) is 5. The first kappa shape index (κ1) is 20.9. The second-order valence-corrected chi connectivity index (χ2v) is 6.86. The molecule has 0 amide bonds. The second-order valence-electron chi connectivity index (χ2n) is 6.86. The Morgan fingerprint density at radius 1 is 1.10 bits per heavy atom. The number of ether oxygens (including phenoxy) is 1. The van der Waals surface area contributed by atoms with Crippen LogP contribution in [0.2, 0.25) is 0 Å². The number of Topliss-reactive ketones (excluding diaryl/α,β-unsaturated/α-hetero) is 1. The molecule has 8 heteroatoms. The molecule has 0 aliphatic rings. The molecule has 0 unspecified atom stereocenters. The van der Waals surface area contributed by atoms with Crippen LogP contribution >= 0.6 is 0 Å². The molecule has 0 bridgehead atoms. The lowest BCUT2D eigenvalue weighted by atomic mass is 10.1. The molecule has 30 heavy (non-hydrogen) atoms. The molecule has 0 N–H and O–H groups in total. The van der Waals surface area contributed by atoms with Crippen molar-refractivity contribution in [1.29, 1.82) is 0 Å². The number of carbonyl (C=O) groups is 2. The molecular formula is C22H19FN2O5. The highest BCUT2D eigenvalue weighted by Crippen LogP contribution is 2.23. The van der Waals surface area contributed by atoms with Crippen LogP contribution in [0.4, 0.5) is 10.1 Å². The molecule has 0 aliphatic heterocycles. The highest BCUT2D eigenvalue weighted by Gasteiger charge is 2.20. The van der Waals surface area contributed by atoms with Crippen LogP contribution in [0.25, 0.3) is 5.69 Å². The van der Waals surface area contributed by atoms with E-state index in [2.05, 4.69) is 0 Å². The summed E-state index contributed by atoms with van der Waals surface area (Å²) in [5.41, 5.74) is 2.44. The summed E-state index contributed by atoms with van der Waals surface area (Å²) in [6.45, 7) is 4.54. The van der Waals surface area contributed by atoms with Gasteiger partial charge in [0.15, 0.2) is 6.61 Å². The molecule has 3 rings (SSSR count). The van der Waals surface area contributed by atoms with Crippen molar-refractivity contribution < 1.29 is 23.6 Å². The first-order valence-corrected chi connectivity index (χ1v) is 9.09. The monoisotopic (exact) mass is 410 g/mol. The predicted molar refractivity (Wildman–Crippen MR) is 108 cm³/mol. The molecule has 0 radical (unpaired) electrons. The fourth-order valence-electron chi connectivity index (χ4n) is 3.28. The predicted octanol–water partition coefficient (Wildman–Crippen LogP) is 4.49. The van der Waals surface area contributed by atoms with Gasteiger partial charge in [0, 0.05) is 34.3 Å². The summed E-state index contributed by atoms with van der Waals surface area (Å²) in [6.07, 6.45) is 0. The van der Waals surface area contributed by atoms with Crippen LogP contribution in [-0.4, -0.2) is 27.8 Å². The van der Waals surface area contributed by atoms with E-state index in [0.717, 1.165) is 11.8 Å². The Bertz CT molecular complexity index is 1170. The maximum absolute atomic E-state index is 13.6. The lowest BCUT2D eigenvalue weighted by Crippen LogP contribution is -2.15. The van der Waals surface area contributed by atoms with E-state index in [4.69, 9.17) is 4.74 Å². The number of esters is 1. The Hall–Kier alpha value is -3.81. The fraction of sp³-hybridized carbons (Fsp3) is 0.182. The molecule has 7 nitrogen and oxygen atoms in total. The van der Waals surface area contributed by atoms with Gasteiger partial charge in [-0.25, -0.2) is 9.18 Å². The van der Waals surface area contributed by atoms with Crippen LogP contribution < -0.4 is 0 Å². The summed E-state index contributed by atoms with van der Waals surface area (Å²) < 4.78 is 20.4. The number of carbonyl (C=O) groups excluding carboxylic acids is 2.